The average Bonchev–Trinajstić information content (AvgIpc) is 3.22. The van der Waals surface area contributed by atoms with Crippen LogP contribution in [0.15, 0.2) is 44.1 Å². The van der Waals surface area contributed by atoms with E-state index in [1.54, 1.807) is 0 Å². The van der Waals surface area contributed by atoms with E-state index < -0.39 is 5.63 Å². The van der Waals surface area contributed by atoms with Gasteiger partial charge in [0.15, 0.2) is 5.76 Å². The van der Waals surface area contributed by atoms with E-state index in [4.69, 9.17) is 8.94 Å². The van der Waals surface area contributed by atoms with Gasteiger partial charge in [0.2, 0.25) is 5.91 Å². The van der Waals surface area contributed by atoms with Gasteiger partial charge in [-0.05, 0) is 43.9 Å². The Bertz CT molecular complexity index is 1030. The van der Waals surface area contributed by atoms with Gasteiger partial charge < -0.3 is 13.8 Å². The van der Waals surface area contributed by atoms with Crippen LogP contribution in [0.25, 0.3) is 11.0 Å². The van der Waals surface area contributed by atoms with E-state index >= 15 is 0 Å². The Hall–Kier alpha value is -2.89. The Kier molecular flexibility index (Phi) is 4.11. The van der Waals surface area contributed by atoms with Crippen molar-refractivity contribution in [2.45, 2.75) is 39.2 Å². The molecule has 4 rings (SSSR count). The molecule has 0 bridgehead atoms. The van der Waals surface area contributed by atoms with Crippen LogP contribution in [0.4, 0.5) is 0 Å². The molecule has 1 aliphatic heterocycles. The summed E-state index contributed by atoms with van der Waals surface area (Å²) in [4.78, 5) is 26.7. The third-order valence-corrected chi connectivity index (χ3v) is 4.88. The molecule has 1 aromatic carbocycles. The Morgan fingerprint density at radius 3 is 2.88 bits per heavy atom. The summed E-state index contributed by atoms with van der Waals surface area (Å²) in [5, 5.41) is 4.73. The number of aryl methyl sites for hydroxylation is 2. The quantitative estimate of drug-likeness (QED) is 0.676. The van der Waals surface area contributed by atoms with Crippen molar-refractivity contribution in [1.82, 2.24) is 10.1 Å². The van der Waals surface area contributed by atoms with Crippen molar-refractivity contribution in [2.75, 3.05) is 6.54 Å². The monoisotopic (exact) mass is 352 g/mol. The van der Waals surface area contributed by atoms with E-state index in [0.29, 0.717) is 17.7 Å². The third-order valence-electron chi connectivity index (χ3n) is 4.88. The van der Waals surface area contributed by atoms with E-state index in [1.807, 2.05) is 43.0 Å². The summed E-state index contributed by atoms with van der Waals surface area (Å²) < 4.78 is 10.7. The summed E-state index contributed by atoms with van der Waals surface area (Å²) in [6, 6.07) is 8.88. The maximum absolute atomic E-state index is 13.0. The molecule has 0 N–H and O–H groups in total. The van der Waals surface area contributed by atoms with Crippen molar-refractivity contribution >= 4 is 16.9 Å². The molecule has 1 saturated heterocycles. The summed E-state index contributed by atoms with van der Waals surface area (Å²) >= 11 is 0. The van der Waals surface area contributed by atoms with Crippen LogP contribution in [-0.2, 0) is 11.2 Å². The number of benzene rings is 1. The molecule has 1 unspecified atom stereocenters. The number of rotatable bonds is 3. The van der Waals surface area contributed by atoms with E-state index in [2.05, 4.69) is 5.16 Å². The Morgan fingerprint density at radius 1 is 1.27 bits per heavy atom. The highest BCUT2D eigenvalue weighted by Crippen LogP contribution is 2.33. The lowest BCUT2D eigenvalue weighted by atomic mass is 10.0. The van der Waals surface area contributed by atoms with Gasteiger partial charge in [-0.15, -0.1) is 0 Å². The number of aromatic nitrogens is 1. The highest BCUT2D eigenvalue weighted by Gasteiger charge is 2.32. The first-order valence-corrected chi connectivity index (χ1v) is 8.77. The van der Waals surface area contributed by atoms with Crippen LogP contribution in [0, 0.1) is 13.8 Å². The predicted octanol–water partition coefficient (Wildman–Crippen LogP) is 3.30. The van der Waals surface area contributed by atoms with Crippen LogP contribution in [-0.4, -0.2) is 22.5 Å². The van der Waals surface area contributed by atoms with Crippen LogP contribution in [0.3, 0.4) is 0 Å². The molecule has 1 atom stereocenters. The fraction of sp³-hybridized carbons (Fsp3) is 0.350. The average molecular weight is 352 g/mol. The van der Waals surface area contributed by atoms with E-state index in [0.717, 1.165) is 35.2 Å². The minimum Gasteiger partial charge on any atom is -0.423 e. The first kappa shape index (κ1) is 16.6. The fourth-order valence-corrected chi connectivity index (χ4v) is 3.65. The topological polar surface area (TPSA) is 76.6 Å². The Labute approximate surface area is 150 Å². The van der Waals surface area contributed by atoms with Crippen LogP contribution < -0.4 is 5.63 Å². The molecule has 0 spiro atoms. The minimum atomic E-state index is -0.435. The van der Waals surface area contributed by atoms with Gasteiger partial charge in [0.25, 0.3) is 0 Å². The summed E-state index contributed by atoms with van der Waals surface area (Å²) in [5.74, 6) is 0.704. The first-order valence-electron chi connectivity index (χ1n) is 8.77. The van der Waals surface area contributed by atoms with Crippen molar-refractivity contribution in [3.63, 3.8) is 0 Å². The highest BCUT2D eigenvalue weighted by molar-refractivity contribution is 5.87. The summed E-state index contributed by atoms with van der Waals surface area (Å²) in [6.45, 7) is 4.48. The van der Waals surface area contributed by atoms with Gasteiger partial charge >= 0.3 is 5.63 Å². The van der Waals surface area contributed by atoms with E-state index in [9.17, 15) is 9.59 Å². The van der Waals surface area contributed by atoms with Gasteiger partial charge in [-0.1, -0.05) is 17.3 Å². The summed E-state index contributed by atoms with van der Waals surface area (Å²) in [6.07, 6.45) is 1.94. The number of hydrogen-bond acceptors (Lipinski definition) is 5. The van der Waals surface area contributed by atoms with Gasteiger partial charge in [-0.2, -0.15) is 0 Å². The molecule has 1 aliphatic rings. The molecule has 2 aromatic heterocycles. The molecular formula is C20H20N2O4. The van der Waals surface area contributed by atoms with E-state index in [1.165, 1.54) is 6.07 Å². The van der Waals surface area contributed by atoms with Crippen LogP contribution in [0.1, 0.15) is 41.5 Å². The zero-order valence-corrected chi connectivity index (χ0v) is 14.8. The van der Waals surface area contributed by atoms with Crippen molar-refractivity contribution in [1.29, 1.82) is 0 Å². The summed E-state index contributed by atoms with van der Waals surface area (Å²) in [5.41, 5.74) is 2.59. The minimum absolute atomic E-state index is 0.0194. The molecule has 26 heavy (non-hydrogen) atoms. The Balaban J connectivity index is 1.64. The molecular weight excluding hydrogens is 332 g/mol. The predicted molar refractivity (Wildman–Crippen MR) is 95.9 cm³/mol. The standard InChI is InChI=1S/C20H20N2O4/c1-12-5-6-15-14(11-20(24)25-17(15)8-12)10-19(23)22-7-3-4-16(22)18-9-13(2)21-26-18/h5-6,8-9,11,16H,3-4,7,10H2,1-2H3. The van der Waals surface area contributed by atoms with Crippen molar-refractivity contribution in [3.05, 3.63) is 63.3 Å². The molecule has 0 radical (unpaired) electrons. The molecule has 1 amide bonds. The number of amides is 1. The van der Waals surface area contributed by atoms with Gasteiger partial charge in [0, 0.05) is 24.1 Å². The third kappa shape index (κ3) is 3.03. The molecule has 134 valence electrons. The second-order valence-electron chi connectivity index (χ2n) is 6.88. The molecule has 6 nitrogen and oxygen atoms in total. The molecule has 3 aromatic rings. The molecule has 1 fully saturated rings. The normalized spacial score (nSPS) is 17.2. The van der Waals surface area contributed by atoms with Crippen molar-refractivity contribution < 1.29 is 13.7 Å². The van der Waals surface area contributed by atoms with Crippen molar-refractivity contribution in [2.24, 2.45) is 0 Å². The number of nitrogens with zero attached hydrogens (tertiary/aromatic N) is 2. The molecule has 3 heterocycles. The SMILES string of the molecule is Cc1ccc2c(CC(=O)N3CCCC3c3cc(C)no3)cc(=O)oc2c1. The van der Waals surface area contributed by atoms with Gasteiger partial charge in [-0.25, -0.2) is 4.79 Å². The summed E-state index contributed by atoms with van der Waals surface area (Å²) in [7, 11) is 0. The molecule has 0 saturated carbocycles. The van der Waals surface area contributed by atoms with Crippen molar-refractivity contribution in [3.8, 4) is 0 Å². The number of hydrogen-bond donors (Lipinski definition) is 0. The van der Waals surface area contributed by atoms with Gasteiger partial charge in [0.1, 0.15) is 5.58 Å². The number of carbonyl (C=O) groups excluding carboxylic acids is 1. The first-order chi connectivity index (χ1) is 12.5. The lowest BCUT2D eigenvalue weighted by molar-refractivity contribution is -0.131. The van der Waals surface area contributed by atoms with Crippen LogP contribution in [0.2, 0.25) is 0 Å². The Morgan fingerprint density at radius 2 is 2.12 bits per heavy atom. The highest BCUT2D eigenvalue weighted by atomic mass is 16.5. The smallest absolute Gasteiger partial charge is 0.336 e. The molecule has 6 heteroatoms. The zero-order valence-electron chi connectivity index (χ0n) is 14.8. The lowest BCUT2D eigenvalue weighted by Crippen LogP contribution is -2.32. The number of carbonyl (C=O) groups is 1. The van der Waals surface area contributed by atoms with Gasteiger partial charge in [0.05, 0.1) is 18.2 Å². The van der Waals surface area contributed by atoms with Crippen LogP contribution >= 0.6 is 0 Å². The van der Waals surface area contributed by atoms with Crippen LogP contribution in [0.5, 0.6) is 0 Å². The van der Waals surface area contributed by atoms with Gasteiger partial charge in [-0.3, -0.25) is 4.79 Å². The second kappa shape index (κ2) is 6.44. The lowest BCUT2D eigenvalue weighted by Gasteiger charge is -2.23. The maximum Gasteiger partial charge on any atom is 0.336 e. The second-order valence-corrected chi connectivity index (χ2v) is 6.88. The number of fused-ring (bicyclic) bond motifs is 1. The number of likely N-dealkylation sites (tertiary alicyclic amines) is 1. The fourth-order valence-electron chi connectivity index (χ4n) is 3.65. The van der Waals surface area contributed by atoms with E-state index in [-0.39, 0.29) is 18.4 Å². The molecule has 0 aliphatic carbocycles. The maximum atomic E-state index is 13.0. The largest absolute Gasteiger partial charge is 0.423 e. The zero-order chi connectivity index (χ0) is 18.3.